The van der Waals surface area contributed by atoms with Gasteiger partial charge >= 0.3 is 0 Å². The topological polar surface area (TPSA) is 56.6 Å². The van der Waals surface area contributed by atoms with Crippen molar-refractivity contribution < 1.29 is 10.2 Å². The van der Waals surface area contributed by atoms with E-state index in [1.54, 1.807) is 12.3 Å². The first-order chi connectivity index (χ1) is 11.3. The number of hydrogen-bond acceptors (Lipinski definition) is 4. The second-order valence-electron chi connectivity index (χ2n) is 5.58. The van der Waals surface area contributed by atoms with Gasteiger partial charge in [-0.1, -0.05) is 36.4 Å². The number of nitrogens with zero attached hydrogens (tertiary/aromatic N) is 2. The molecule has 4 nitrogen and oxygen atoms in total. The average molecular weight is 308 g/mol. The van der Waals surface area contributed by atoms with Crippen LogP contribution in [0.25, 0.3) is 10.8 Å². The van der Waals surface area contributed by atoms with E-state index in [9.17, 15) is 10.2 Å². The summed E-state index contributed by atoms with van der Waals surface area (Å²) in [7, 11) is 0. The molecule has 0 fully saturated rings. The van der Waals surface area contributed by atoms with Gasteiger partial charge in [-0.15, -0.1) is 0 Å². The van der Waals surface area contributed by atoms with Gasteiger partial charge in [0.25, 0.3) is 0 Å². The molecule has 4 heteroatoms. The maximum atomic E-state index is 10.3. The number of benzene rings is 2. The summed E-state index contributed by atoms with van der Waals surface area (Å²) in [5.74, 6) is 0.290. The first-order valence-corrected chi connectivity index (χ1v) is 7.69. The number of aromatic hydroxyl groups is 1. The van der Waals surface area contributed by atoms with Crippen LogP contribution in [0.15, 0.2) is 60.9 Å². The summed E-state index contributed by atoms with van der Waals surface area (Å²) in [5, 5.41) is 21.8. The number of aliphatic hydroxyl groups excluding tert-OH is 1. The highest BCUT2D eigenvalue weighted by Gasteiger charge is 2.12. The van der Waals surface area contributed by atoms with Gasteiger partial charge in [0.1, 0.15) is 5.75 Å². The molecule has 0 bridgehead atoms. The van der Waals surface area contributed by atoms with E-state index in [1.807, 2.05) is 48.7 Å². The third kappa shape index (κ3) is 3.67. The second kappa shape index (κ2) is 7.22. The molecule has 3 aromatic rings. The number of aliphatic hydroxyl groups is 1. The predicted octanol–water partition coefficient (Wildman–Crippen LogP) is 2.93. The van der Waals surface area contributed by atoms with Crippen molar-refractivity contribution in [3.05, 3.63) is 72.1 Å². The Morgan fingerprint density at radius 3 is 2.61 bits per heavy atom. The fraction of sp³-hybridized carbons (Fsp3) is 0.211. The van der Waals surface area contributed by atoms with E-state index in [4.69, 9.17) is 0 Å². The van der Waals surface area contributed by atoms with E-state index in [-0.39, 0.29) is 12.4 Å². The summed E-state index contributed by atoms with van der Waals surface area (Å²) in [4.78, 5) is 6.24. The molecule has 0 aliphatic heterocycles. The summed E-state index contributed by atoms with van der Waals surface area (Å²) in [6.45, 7) is 1.86. The monoisotopic (exact) mass is 308 g/mol. The van der Waals surface area contributed by atoms with Crippen LogP contribution in [-0.4, -0.2) is 33.2 Å². The Labute approximate surface area is 135 Å². The zero-order valence-electron chi connectivity index (χ0n) is 12.9. The molecule has 2 N–H and O–H groups in total. The van der Waals surface area contributed by atoms with Gasteiger partial charge < -0.3 is 10.2 Å². The molecule has 0 unspecified atom stereocenters. The van der Waals surface area contributed by atoms with Crippen LogP contribution in [0, 0.1) is 0 Å². The molecule has 0 amide bonds. The van der Waals surface area contributed by atoms with E-state index >= 15 is 0 Å². The van der Waals surface area contributed by atoms with Crippen LogP contribution in [0.4, 0.5) is 0 Å². The molecule has 0 spiro atoms. The van der Waals surface area contributed by atoms with Crippen molar-refractivity contribution in [1.29, 1.82) is 0 Å². The molecular formula is C19H20N2O2. The van der Waals surface area contributed by atoms with Crippen molar-refractivity contribution in [3.63, 3.8) is 0 Å². The Kier molecular flexibility index (Phi) is 4.86. The number of rotatable bonds is 6. The fourth-order valence-electron chi connectivity index (χ4n) is 2.82. The van der Waals surface area contributed by atoms with E-state index in [1.165, 1.54) is 0 Å². The van der Waals surface area contributed by atoms with Gasteiger partial charge in [-0.25, -0.2) is 0 Å². The number of phenolic OH excluding ortho intramolecular Hbond substituents is 1. The van der Waals surface area contributed by atoms with Gasteiger partial charge in [0.15, 0.2) is 0 Å². The maximum Gasteiger partial charge on any atom is 0.120 e. The van der Waals surface area contributed by atoms with E-state index in [0.29, 0.717) is 19.6 Å². The zero-order chi connectivity index (χ0) is 16.1. The third-order valence-electron chi connectivity index (χ3n) is 3.94. The van der Waals surface area contributed by atoms with E-state index in [2.05, 4.69) is 9.88 Å². The molecular weight excluding hydrogens is 288 g/mol. The number of pyridine rings is 1. The van der Waals surface area contributed by atoms with Crippen LogP contribution in [0.5, 0.6) is 5.75 Å². The van der Waals surface area contributed by atoms with Crippen LogP contribution in [0.1, 0.15) is 11.1 Å². The first kappa shape index (κ1) is 15.5. The lowest BCUT2D eigenvalue weighted by Gasteiger charge is -2.22. The molecule has 0 atom stereocenters. The van der Waals surface area contributed by atoms with Crippen molar-refractivity contribution in [2.75, 3.05) is 13.2 Å². The number of hydrogen-bond donors (Lipinski definition) is 2. The van der Waals surface area contributed by atoms with Crippen LogP contribution in [0.2, 0.25) is 0 Å². The Balaban J connectivity index is 1.89. The SMILES string of the molecule is OCCN(Cc1cccnc1)Cc1c(O)ccc2ccccc12. The largest absolute Gasteiger partial charge is 0.508 e. The molecule has 2 aromatic carbocycles. The number of aromatic nitrogens is 1. The van der Waals surface area contributed by atoms with Gasteiger partial charge in [-0.3, -0.25) is 9.88 Å². The molecule has 118 valence electrons. The lowest BCUT2D eigenvalue weighted by molar-refractivity contribution is 0.183. The molecule has 0 saturated heterocycles. The quantitative estimate of drug-likeness (QED) is 0.735. The Morgan fingerprint density at radius 2 is 1.83 bits per heavy atom. The molecule has 0 aliphatic rings. The minimum absolute atomic E-state index is 0.0752. The minimum Gasteiger partial charge on any atom is -0.508 e. The molecule has 0 radical (unpaired) electrons. The van der Waals surface area contributed by atoms with Crippen LogP contribution < -0.4 is 0 Å². The molecule has 0 aliphatic carbocycles. The number of phenols is 1. The third-order valence-corrected chi connectivity index (χ3v) is 3.94. The minimum atomic E-state index is 0.0752. The van der Waals surface area contributed by atoms with E-state index < -0.39 is 0 Å². The van der Waals surface area contributed by atoms with Crippen molar-refractivity contribution >= 4 is 10.8 Å². The lowest BCUT2D eigenvalue weighted by atomic mass is 10.0. The summed E-state index contributed by atoms with van der Waals surface area (Å²) in [5.41, 5.74) is 1.97. The van der Waals surface area contributed by atoms with Crippen molar-refractivity contribution in [3.8, 4) is 5.75 Å². The van der Waals surface area contributed by atoms with Crippen LogP contribution in [-0.2, 0) is 13.1 Å². The molecule has 23 heavy (non-hydrogen) atoms. The normalized spacial score (nSPS) is 11.2. The van der Waals surface area contributed by atoms with Gasteiger partial charge in [-0.2, -0.15) is 0 Å². The summed E-state index contributed by atoms with van der Waals surface area (Å²) < 4.78 is 0. The molecule has 1 aromatic heterocycles. The standard InChI is InChI=1S/C19H20N2O2/c22-11-10-21(13-15-4-3-9-20-12-15)14-18-17-6-2-1-5-16(17)7-8-19(18)23/h1-9,12,22-23H,10-11,13-14H2. The van der Waals surface area contributed by atoms with Crippen LogP contribution >= 0.6 is 0 Å². The average Bonchev–Trinajstić information content (AvgIpc) is 2.58. The Hall–Kier alpha value is -2.43. The van der Waals surface area contributed by atoms with Crippen molar-refractivity contribution in [1.82, 2.24) is 9.88 Å². The highest BCUT2D eigenvalue weighted by molar-refractivity contribution is 5.87. The summed E-state index contributed by atoms with van der Waals surface area (Å²) in [6.07, 6.45) is 3.57. The summed E-state index contributed by atoms with van der Waals surface area (Å²) in [6, 6.07) is 15.6. The Bertz CT molecular complexity index is 775. The van der Waals surface area contributed by atoms with Crippen molar-refractivity contribution in [2.24, 2.45) is 0 Å². The van der Waals surface area contributed by atoms with Crippen molar-refractivity contribution in [2.45, 2.75) is 13.1 Å². The highest BCUT2D eigenvalue weighted by atomic mass is 16.3. The number of fused-ring (bicyclic) bond motifs is 1. The van der Waals surface area contributed by atoms with Gasteiger partial charge in [-0.05, 0) is 28.5 Å². The molecule has 3 rings (SSSR count). The molecule has 0 saturated carbocycles. The highest BCUT2D eigenvalue weighted by Crippen LogP contribution is 2.28. The Morgan fingerprint density at radius 1 is 0.957 bits per heavy atom. The van der Waals surface area contributed by atoms with Gasteiger partial charge in [0.2, 0.25) is 0 Å². The first-order valence-electron chi connectivity index (χ1n) is 7.69. The zero-order valence-corrected chi connectivity index (χ0v) is 12.9. The maximum absolute atomic E-state index is 10.3. The lowest BCUT2D eigenvalue weighted by Crippen LogP contribution is -2.26. The van der Waals surface area contributed by atoms with E-state index in [0.717, 1.165) is 21.9 Å². The smallest absolute Gasteiger partial charge is 0.120 e. The molecule has 1 heterocycles. The van der Waals surface area contributed by atoms with Gasteiger partial charge in [0, 0.05) is 37.6 Å². The van der Waals surface area contributed by atoms with Gasteiger partial charge in [0.05, 0.1) is 6.61 Å². The predicted molar refractivity (Wildman–Crippen MR) is 91.0 cm³/mol. The van der Waals surface area contributed by atoms with Crippen LogP contribution in [0.3, 0.4) is 0 Å². The fourth-order valence-corrected chi connectivity index (χ4v) is 2.82. The summed E-state index contributed by atoms with van der Waals surface area (Å²) >= 11 is 0. The second-order valence-corrected chi connectivity index (χ2v) is 5.58.